The Bertz CT molecular complexity index is 1100. The fourth-order valence-corrected chi connectivity index (χ4v) is 3.09. The molecule has 0 unspecified atom stereocenters. The van der Waals surface area contributed by atoms with Crippen LogP contribution in [0.1, 0.15) is 5.82 Å². The smallest absolute Gasteiger partial charge is 0.267 e. The Labute approximate surface area is 140 Å². The second-order valence-corrected chi connectivity index (χ2v) is 5.67. The summed E-state index contributed by atoms with van der Waals surface area (Å²) in [4.78, 5) is 13.0. The van der Waals surface area contributed by atoms with Gasteiger partial charge in [0.05, 0.1) is 27.5 Å². The van der Waals surface area contributed by atoms with Gasteiger partial charge in [-0.1, -0.05) is 35.9 Å². The molecule has 0 atom stereocenters. The van der Waals surface area contributed by atoms with Crippen LogP contribution < -0.4 is 5.56 Å². The Morgan fingerprint density at radius 1 is 1.00 bits per heavy atom. The molecule has 0 aliphatic heterocycles. The number of hydrogen-bond donors (Lipinski definition) is 0. The fraction of sp³-hybridized carbons (Fsp3) is 0.0625. The summed E-state index contributed by atoms with van der Waals surface area (Å²) in [6, 6.07) is 14.4. The molecule has 0 radical (unpaired) electrons. The lowest BCUT2D eigenvalue weighted by Crippen LogP contribution is -2.22. The first-order valence-corrected chi connectivity index (χ1v) is 7.82. The van der Waals surface area contributed by atoms with E-state index in [2.05, 4.69) is 10.2 Å². The molecule has 4 aromatic rings. The van der Waals surface area contributed by atoms with E-state index in [4.69, 9.17) is 23.2 Å². The number of nitrogens with zero attached hydrogens (tertiary/aromatic N) is 4. The summed E-state index contributed by atoms with van der Waals surface area (Å²) in [6.07, 6.45) is 0. The first kappa shape index (κ1) is 14.2. The number of alkyl halides is 1. The summed E-state index contributed by atoms with van der Waals surface area (Å²) >= 11 is 12.3. The highest BCUT2D eigenvalue weighted by Crippen LogP contribution is 2.23. The van der Waals surface area contributed by atoms with Crippen molar-refractivity contribution in [2.45, 2.75) is 5.88 Å². The summed E-state index contributed by atoms with van der Waals surface area (Å²) in [5.74, 6) is 1.14. The Hall–Kier alpha value is -2.37. The lowest BCUT2D eigenvalue weighted by Gasteiger charge is -2.12. The molecule has 23 heavy (non-hydrogen) atoms. The predicted octanol–water partition coefficient (Wildman–Crippen LogP) is 3.43. The Balaban J connectivity index is 2.28. The quantitative estimate of drug-likeness (QED) is 0.523. The third kappa shape index (κ3) is 2.04. The van der Waals surface area contributed by atoms with Crippen molar-refractivity contribution >= 4 is 39.9 Å². The van der Waals surface area contributed by atoms with Gasteiger partial charge in [-0.2, -0.15) is 0 Å². The van der Waals surface area contributed by atoms with E-state index in [-0.39, 0.29) is 11.4 Å². The number of para-hydroxylation sites is 2. The average molecular weight is 345 g/mol. The minimum Gasteiger partial charge on any atom is -0.268 e. The van der Waals surface area contributed by atoms with Crippen LogP contribution in [0.15, 0.2) is 53.3 Å². The first-order valence-electron chi connectivity index (χ1n) is 6.91. The van der Waals surface area contributed by atoms with Crippen molar-refractivity contribution in [1.82, 2.24) is 19.2 Å². The number of aromatic nitrogens is 4. The highest BCUT2D eigenvalue weighted by Gasteiger charge is 2.18. The molecule has 0 saturated heterocycles. The number of fused-ring (bicyclic) bond motifs is 3. The number of hydrogen-bond acceptors (Lipinski definition) is 3. The van der Waals surface area contributed by atoms with Gasteiger partial charge >= 0.3 is 0 Å². The van der Waals surface area contributed by atoms with Crippen LogP contribution in [0.4, 0.5) is 0 Å². The number of benzene rings is 2. The minimum atomic E-state index is -0.199. The van der Waals surface area contributed by atoms with E-state index in [0.29, 0.717) is 27.7 Å². The molecule has 114 valence electrons. The van der Waals surface area contributed by atoms with Crippen molar-refractivity contribution in [3.63, 3.8) is 0 Å². The lowest BCUT2D eigenvalue weighted by atomic mass is 10.2. The topological polar surface area (TPSA) is 52.2 Å². The molecule has 2 aromatic heterocycles. The Morgan fingerprint density at radius 3 is 2.52 bits per heavy atom. The second-order valence-electron chi connectivity index (χ2n) is 4.99. The van der Waals surface area contributed by atoms with Crippen molar-refractivity contribution in [3.05, 3.63) is 69.7 Å². The zero-order chi connectivity index (χ0) is 16.0. The standard InChI is InChI=1S/C16H10Cl2N4O/c17-9-14-19-20-16-21(14)12-7-3-1-5-10(12)15(23)22(16)13-8-4-2-6-11(13)18/h1-8H,9H2. The molecule has 2 heterocycles. The van der Waals surface area contributed by atoms with E-state index >= 15 is 0 Å². The van der Waals surface area contributed by atoms with E-state index in [1.807, 2.05) is 30.3 Å². The van der Waals surface area contributed by atoms with E-state index in [1.54, 1.807) is 22.6 Å². The van der Waals surface area contributed by atoms with Gasteiger partial charge in [-0.25, -0.2) is 4.57 Å². The van der Waals surface area contributed by atoms with Crippen LogP contribution in [-0.4, -0.2) is 19.2 Å². The van der Waals surface area contributed by atoms with E-state index in [9.17, 15) is 4.79 Å². The predicted molar refractivity (Wildman–Crippen MR) is 90.7 cm³/mol. The second kappa shape index (κ2) is 5.37. The first-order chi connectivity index (χ1) is 11.2. The van der Waals surface area contributed by atoms with Crippen molar-refractivity contribution < 1.29 is 0 Å². The summed E-state index contributed by atoms with van der Waals surface area (Å²) < 4.78 is 3.25. The molecule has 2 aromatic carbocycles. The van der Waals surface area contributed by atoms with Gasteiger partial charge in [0.15, 0.2) is 5.82 Å². The number of rotatable bonds is 2. The van der Waals surface area contributed by atoms with Crippen LogP contribution in [0.3, 0.4) is 0 Å². The van der Waals surface area contributed by atoms with Gasteiger partial charge in [-0.15, -0.1) is 21.8 Å². The monoisotopic (exact) mass is 344 g/mol. The summed E-state index contributed by atoms with van der Waals surface area (Å²) in [5.41, 5.74) is 1.08. The Kier molecular flexibility index (Phi) is 3.32. The summed E-state index contributed by atoms with van der Waals surface area (Å²) in [6.45, 7) is 0. The molecule has 0 spiro atoms. The molecule has 0 N–H and O–H groups in total. The molecule has 0 bridgehead atoms. The number of halogens is 2. The van der Waals surface area contributed by atoms with Crippen LogP contribution in [0.2, 0.25) is 5.02 Å². The largest absolute Gasteiger partial charge is 0.268 e. The van der Waals surface area contributed by atoms with Crippen molar-refractivity contribution in [2.24, 2.45) is 0 Å². The zero-order valence-corrected chi connectivity index (χ0v) is 13.3. The SMILES string of the molecule is O=c1c2ccccc2n2c(CCl)nnc2n1-c1ccccc1Cl. The van der Waals surface area contributed by atoms with Crippen LogP contribution in [0.5, 0.6) is 0 Å². The van der Waals surface area contributed by atoms with Crippen molar-refractivity contribution in [1.29, 1.82) is 0 Å². The fourth-order valence-electron chi connectivity index (χ4n) is 2.70. The van der Waals surface area contributed by atoms with Crippen LogP contribution >= 0.6 is 23.2 Å². The molecule has 0 fully saturated rings. The maximum atomic E-state index is 13.0. The van der Waals surface area contributed by atoms with Crippen molar-refractivity contribution in [3.8, 4) is 5.69 Å². The van der Waals surface area contributed by atoms with E-state index < -0.39 is 0 Å². The van der Waals surface area contributed by atoms with Gasteiger partial charge in [0.1, 0.15) is 0 Å². The van der Waals surface area contributed by atoms with E-state index in [0.717, 1.165) is 5.52 Å². The summed E-state index contributed by atoms with van der Waals surface area (Å²) in [7, 11) is 0. The molecule has 4 rings (SSSR count). The van der Waals surface area contributed by atoms with Crippen LogP contribution in [0, 0.1) is 0 Å². The molecule has 5 nitrogen and oxygen atoms in total. The van der Waals surface area contributed by atoms with Crippen LogP contribution in [-0.2, 0) is 5.88 Å². The molecule has 0 amide bonds. The molecular weight excluding hydrogens is 335 g/mol. The molecule has 0 saturated carbocycles. The van der Waals surface area contributed by atoms with Gasteiger partial charge in [-0.05, 0) is 24.3 Å². The Morgan fingerprint density at radius 2 is 1.74 bits per heavy atom. The third-order valence-corrected chi connectivity index (χ3v) is 4.26. The third-order valence-electron chi connectivity index (χ3n) is 3.70. The average Bonchev–Trinajstić information content (AvgIpc) is 3.00. The zero-order valence-electron chi connectivity index (χ0n) is 11.8. The molecule has 0 aliphatic rings. The van der Waals surface area contributed by atoms with Gasteiger partial charge in [0.25, 0.3) is 5.56 Å². The maximum Gasteiger partial charge on any atom is 0.267 e. The molecular formula is C16H10Cl2N4O. The minimum absolute atomic E-state index is 0.186. The highest BCUT2D eigenvalue weighted by molar-refractivity contribution is 6.32. The van der Waals surface area contributed by atoms with Gasteiger partial charge < -0.3 is 0 Å². The normalized spacial score (nSPS) is 11.4. The highest BCUT2D eigenvalue weighted by atomic mass is 35.5. The summed E-state index contributed by atoms with van der Waals surface area (Å²) in [5, 5.41) is 9.26. The van der Waals surface area contributed by atoms with Crippen molar-refractivity contribution in [2.75, 3.05) is 0 Å². The lowest BCUT2D eigenvalue weighted by molar-refractivity contribution is 0.963. The molecule has 7 heteroatoms. The van der Waals surface area contributed by atoms with Gasteiger partial charge in [0.2, 0.25) is 5.78 Å². The van der Waals surface area contributed by atoms with Gasteiger partial charge in [0, 0.05) is 0 Å². The van der Waals surface area contributed by atoms with Gasteiger partial charge in [-0.3, -0.25) is 9.20 Å². The van der Waals surface area contributed by atoms with E-state index in [1.165, 1.54) is 4.57 Å². The molecule has 0 aliphatic carbocycles. The maximum absolute atomic E-state index is 13.0. The van der Waals surface area contributed by atoms with Crippen LogP contribution in [0.25, 0.3) is 22.4 Å².